The molecule has 0 unspecified atom stereocenters. The Hall–Kier alpha value is -2.95. The lowest BCUT2D eigenvalue weighted by atomic mass is 10.1. The smallest absolute Gasteiger partial charge is 0.222 e. The van der Waals surface area contributed by atoms with Crippen molar-refractivity contribution in [1.82, 2.24) is 29.5 Å². The van der Waals surface area contributed by atoms with Crippen molar-refractivity contribution >= 4 is 22.8 Å². The van der Waals surface area contributed by atoms with Gasteiger partial charge in [0.1, 0.15) is 16.8 Å². The van der Waals surface area contributed by atoms with Crippen molar-refractivity contribution in [2.45, 2.75) is 52.2 Å². The second-order valence-corrected chi connectivity index (χ2v) is 9.74. The maximum Gasteiger partial charge on any atom is 0.222 e. The molecule has 1 saturated heterocycles. The first-order valence-electron chi connectivity index (χ1n) is 12.9. The van der Waals surface area contributed by atoms with Crippen LogP contribution in [0, 0.1) is 6.92 Å². The predicted octanol–water partition coefficient (Wildman–Crippen LogP) is 2.48. The van der Waals surface area contributed by atoms with E-state index in [0.717, 1.165) is 73.6 Å². The number of nitrogens with two attached hydrogens (primary N) is 1. The number of fused-ring (bicyclic) bond motifs is 1. The van der Waals surface area contributed by atoms with E-state index >= 15 is 0 Å². The van der Waals surface area contributed by atoms with Crippen LogP contribution >= 0.6 is 0 Å². The number of nitrogens with zero attached hydrogens (tertiary/aromatic N) is 6. The summed E-state index contributed by atoms with van der Waals surface area (Å²) in [7, 11) is 3.89. The van der Waals surface area contributed by atoms with Crippen LogP contribution in [0.15, 0.2) is 18.2 Å². The Labute approximate surface area is 213 Å². The maximum atomic E-state index is 9.52. The van der Waals surface area contributed by atoms with E-state index in [9.17, 15) is 5.11 Å². The van der Waals surface area contributed by atoms with Crippen LogP contribution in [0.4, 0.5) is 11.8 Å². The summed E-state index contributed by atoms with van der Waals surface area (Å²) in [6.07, 6.45) is 2.55. The number of hydrogen-bond acceptors (Lipinski definition) is 9. The Balaban J connectivity index is 1.62. The monoisotopic (exact) mass is 496 g/mol. The fourth-order valence-electron chi connectivity index (χ4n) is 4.89. The highest BCUT2D eigenvalue weighted by Crippen LogP contribution is 2.29. The van der Waals surface area contributed by atoms with Crippen molar-refractivity contribution in [1.29, 1.82) is 0 Å². The zero-order valence-corrected chi connectivity index (χ0v) is 22.0. The third kappa shape index (κ3) is 6.05. The highest BCUT2D eigenvalue weighted by Gasteiger charge is 2.20. The van der Waals surface area contributed by atoms with Gasteiger partial charge in [-0.2, -0.15) is 10.1 Å². The van der Waals surface area contributed by atoms with Crippen LogP contribution < -0.4 is 15.8 Å². The molecule has 196 valence electrons. The molecule has 2 aromatic heterocycles. The summed E-state index contributed by atoms with van der Waals surface area (Å²) in [5, 5.41) is 17.8. The normalized spacial score (nSPS) is 15.9. The average molecular weight is 497 g/mol. The molecule has 1 atom stereocenters. The minimum Gasteiger partial charge on any atom is -0.496 e. The van der Waals surface area contributed by atoms with Gasteiger partial charge in [-0.1, -0.05) is 25.5 Å². The van der Waals surface area contributed by atoms with Gasteiger partial charge in [0.15, 0.2) is 5.82 Å². The van der Waals surface area contributed by atoms with E-state index in [1.54, 1.807) is 7.11 Å². The van der Waals surface area contributed by atoms with Gasteiger partial charge in [-0.15, -0.1) is 0 Å². The third-order valence-corrected chi connectivity index (χ3v) is 6.90. The van der Waals surface area contributed by atoms with Gasteiger partial charge in [0, 0.05) is 50.9 Å². The number of rotatable bonds is 11. The first-order chi connectivity index (χ1) is 17.4. The minimum absolute atomic E-state index is 0.0875. The number of anilines is 2. The van der Waals surface area contributed by atoms with Crippen molar-refractivity contribution in [3.05, 3.63) is 35.0 Å². The Morgan fingerprint density at radius 3 is 2.61 bits per heavy atom. The highest BCUT2D eigenvalue weighted by atomic mass is 16.5. The molecule has 3 aromatic rings. The van der Waals surface area contributed by atoms with Gasteiger partial charge in [0.2, 0.25) is 5.95 Å². The standard InChI is InChI=1S/C26H40N8O2/c1-5-6-21(9-14-35)28-25-24-23(29-26(27)30-25)18(2)31-34(24)17-20-8-7-19(15-22(20)36-4)16-33-12-10-32(3)11-13-33/h7-8,15,21,35H,5-6,9-14,16-17H2,1-4H3,(H3,27,28,29,30)/t21-/m0/s1. The topological polar surface area (TPSA) is 118 Å². The van der Waals surface area contributed by atoms with E-state index in [0.29, 0.717) is 18.8 Å². The van der Waals surface area contributed by atoms with Gasteiger partial charge in [-0.3, -0.25) is 9.58 Å². The van der Waals surface area contributed by atoms with E-state index in [1.807, 2.05) is 11.6 Å². The first-order valence-corrected chi connectivity index (χ1v) is 12.9. The number of likely N-dealkylation sites (N-methyl/N-ethyl adjacent to an activating group) is 1. The van der Waals surface area contributed by atoms with Crippen LogP contribution in [-0.2, 0) is 13.1 Å². The Bertz CT molecular complexity index is 1150. The fourth-order valence-corrected chi connectivity index (χ4v) is 4.89. The van der Waals surface area contributed by atoms with Crippen molar-refractivity contribution in [2.24, 2.45) is 0 Å². The summed E-state index contributed by atoms with van der Waals surface area (Å²) < 4.78 is 7.72. The number of piperazine rings is 1. The maximum absolute atomic E-state index is 9.52. The highest BCUT2D eigenvalue weighted by molar-refractivity contribution is 5.88. The first kappa shape index (κ1) is 26.1. The quantitative estimate of drug-likeness (QED) is 0.368. The van der Waals surface area contributed by atoms with Crippen LogP contribution in [0.1, 0.15) is 43.0 Å². The molecule has 0 radical (unpaired) electrons. The number of aliphatic hydroxyl groups excluding tert-OH is 1. The molecule has 10 heteroatoms. The number of hydrogen-bond donors (Lipinski definition) is 3. The van der Waals surface area contributed by atoms with Gasteiger partial charge in [0.25, 0.3) is 0 Å². The summed E-state index contributed by atoms with van der Waals surface area (Å²) in [5.74, 6) is 1.70. The lowest BCUT2D eigenvalue weighted by molar-refractivity contribution is 0.148. The number of benzene rings is 1. The molecule has 1 aromatic carbocycles. The lowest BCUT2D eigenvalue weighted by Gasteiger charge is -2.32. The van der Waals surface area contributed by atoms with Crippen LogP contribution in [0.2, 0.25) is 0 Å². The number of ether oxygens (including phenoxy) is 1. The summed E-state index contributed by atoms with van der Waals surface area (Å²) in [4.78, 5) is 13.8. The van der Waals surface area contributed by atoms with Crippen LogP contribution in [-0.4, -0.2) is 87.6 Å². The molecule has 0 bridgehead atoms. The molecule has 4 N–H and O–H groups in total. The van der Waals surface area contributed by atoms with Gasteiger partial charge in [0.05, 0.1) is 19.3 Å². The molecule has 1 aliphatic heterocycles. The van der Waals surface area contributed by atoms with Crippen LogP contribution in [0.3, 0.4) is 0 Å². The van der Waals surface area contributed by atoms with Crippen LogP contribution in [0.5, 0.6) is 5.75 Å². The fraction of sp³-hybridized carbons (Fsp3) is 0.577. The molecule has 36 heavy (non-hydrogen) atoms. The Morgan fingerprint density at radius 2 is 1.92 bits per heavy atom. The van der Waals surface area contributed by atoms with Crippen LogP contribution in [0.25, 0.3) is 11.0 Å². The molecule has 1 fully saturated rings. The van der Waals surface area contributed by atoms with Gasteiger partial charge < -0.3 is 25.8 Å². The summed E-state index contributed by atoms with van der Waals surface area (Å²) in [6, 6.07) is 6.54. The molecule has 4 rings (SSSR count). The summed E-state index contributed by atoms with van der Waals surface area (Å²) in [6.45, 7) is 9.95. The predicted molar refractivity (Wildman–Crippen MR) is 143 cm³/mol. The Kier molecular flexibility index (Phi) is 8.60. The third-order valence-electron chi connectivity index (χ3n) is 6.90. The van der Waals surface area contributed by atoms with E-state index in [2.05, 4.69) is 57.3 Å². The molecular formula is C26H40N8O2. The van der Waals surface area contributed by atoms with Gasteiger partial charge in [-0.25, -0.2) is 4.98 Å². The van der Waals surface area contributed by atoms with Crippen molar-refractivity contribution in [3.63, 3.8) is 0 Å². The number of aliphatic hydroxyl groups is 1. The van der Waals surface area contributed by atoms with E-state index in [4.69, 9.17) is 15.6 Å². The van der Waals surface area contributed by atoms with Crippen molar-refractivity contribution < 1.29 is 9.84 Å². The van der Waals surface area contributed by atoms with E-state index in [1.165, 1.54) is 5.56 Å². The second kappa shape index (κ2) is 11.9. The molecule has 0 spiro atoms. The largest absolute Gasteiger partial charge is 0.496 e. The zero-order chi connectivity index (χ0) is 25.7. The number of nitrogens with one attached hydrogen (secondary N) is 1. The van der Waals surface area contributed by atoms with Crippen molar-refractivity contribution in [3.8, 4) is 5.75 Å². The number of nitrogen functional groups attached to an aromatic ring is 1. The van der Waals surface area contributed by atoms with E-state index in [-0.39, 0.29) is 18.6 Å². The second-order valence-electron chi connectivity index (χ2n) is 9.74. The summed E-state index contributed by atoms with van der Waals surface area (Å²) >= 11 is 0. The molecule has 0 saturated carbocycles. The lowest BCUT2D eigenvalue weighted by Crippen LogP contribution is -2.43. The molecule has 10 nitrogen and oxygen atoms in total. The zero-order valence-electron chi connectivity index (χ0n) is 22.0. The number of methoxy groups -OCH3 is 1. The van der Waals surface area contributed by atoms with Crippen molar-refractivity contribution in [2.75, 3.05) is 58.0 Å². The molecular weight excluding hydrogens is 456 g/mol. The molecule has 3 heterocycles. The summed E-state index contributed by atoms with van der Waals surface area (Å²) in [5.41, 5.74) is 10.7. The van der Waals surface area contributed by atoms with Gasteiger partial charge in [-0.05, 0) is 38.4 Å². The number of aromatic nitrogens is 4. The van der Waals surface area contributed by atoms with Gasteiger partial charge >= 0.3 is 0 Å². The minimum atomic E-state index is 0.0875. The molecule has 1 aliphatic rings. The average Bonchev–Trinajstić information content (AvgIpc) is 3.16. The van der Waals surface area contributed by atoms with E-state index < -0.39 is 0 Å². The Morgan fingerprint density at radius 1 is 1.14 bits per heavy atom. The number of aryl methyl sites for hydroxylation is 1. The molecule has 0 amide bonds. The SMILES string of the molecule is CCC[C@@H](CCO)Nc1nc(N)nc2c(C)nn(Cc3ccc(CN4CCN(C)CC4)cc3OC)c12. The molecule has 0 aliphatic carbocycles.